The van der Waals surface area contributed by atoms with Crippen molar-refractivity contribution in [3.63, 3.8) is 0 Å². The molecule has 1 atom stereocenters. The van der Waals surface area contributed by atoms with E-state index in [2.05, 4.69) is 10.2 Å². The number of amides is 1. The Labute approximate surface area is 144 Å². The molecular formula is C17H26N2O4S. The third kappa shape index (κ3) is 6.13. The van der Waals surface area contributed by atoms with E-state index in [9.17, 15) is 13.2 Å². The minimum atomic E-state index is -3.53. The Kier molecular flexibility index (Phi) is 6.62. The molecule has 7 heteroatoms. The first-order valence-corrected chi connectivity index (χ1v) is 10.2. The summed E-state index contributed by atoms with van der Waals surface area (Å²) in [7, 11) is -3.53. The second kappa shape index (κ2) is 8.48. The number of carbonyl (C=O) groups excluding carboxylic acids is 1. The first-order chi connectivity index (χ1) is 11.3. The highest BCUT2D eigenvalue weighted by atomic mass is 32.2. The Morgan fingerprint density at radius 2 is 1.88 bits per heavy atom. The van der Waals surface area contributed by atoms with E-state index in [0.29, 0.717) is 6.54 Å². The Morgan fingerprint density at radius 1 is 1.25 bits per heavy atom. The highest BCUT2D eigenvalue weighted by molar-refractivity contribution is 7.86. The van der Waals surface area contributed by atoms with Crippen molar-refractivity contribution in [2.75, 3.05) is 32.4 Å². The molecule has 1 N–H and O–H groups in total. The minimum absolute atomic E-state index is 0.0202. The van der Waals surface area contributed by atoms with Gasteiger partial charge in [0.1, 0.15) is 5.75 Å². The summed E-state index contributed by atoms with van der Waals surface area (Å²) in [5.41, 5.74) is 0.827. The van der Waals surface area contributed by atoms with Gasteiger partial charge in [-0.15, -0.1) is 0 Å². The van der Waals surface area contributed by atoms with Crippen molar-refractivity contribution in [3.8, 4) is 5.75 Å². The summed E-state index contributed by atoms with van der Waals surface area (Å²) in [5, 5.41) is 2.96. The zero-order valence-electron chi connectivity index (χ0n) is 14.3. The van der Waals surface area contributed by atoms with Gasteiger partial charge in [0.15, 0.2) is 0 Å². The number of rotatable bonds is 8. The standard InChI is InChI=1S/C17H26N2O4S/c1-14(15-6-8-16(9-7-15)23-24(2,21)22)17(20)18-10-5-13-19-11-3-4-12-19/h6-9,14H,3-5,10-13H2,1-2H3,(H,18,20)/t14-/m1/s1. The molecule has 1 saturated heterocycles. The van der Waals surface area contributed by atoms with Crippen LogP contribution in [0.5, 0.6) is 5.75 Å². The second-order valence-corrected chi connectivity index (χ2v) is 7.85. The largest absolute Gasteiger partial charge is 0.383 e. The maximum Gasteiger partial charge on any atom is 0.306 e. The van der Waals surface area contributed by atoms with Crippen LogP contribution >= 0.6 is 0 Å². The number of carbonyl (C=O) groups is 1. The van der Waals surface area contributed by atoms with Crippen LogP contribution in [0, 0.1) is 0 Å². The average molecular weight is 354 g/mol. The molecule has 6 nitrogen and oxygen atoms in total. The number of hydrogen-bond acceptors (Lipinski definition) is 5. The number of benzene rings is 1. The quantitative estimate of drug-likeness (QED) is 0.568. The van der Waals surface area contributed by atoms with Gasteiger partial charge in [-0.1, -0.05) is 12.1 Å². The summed E-state index contributed by atoms with van der Waals surface area (Å²) in [6.45, 7) is 5.89. The molecule has 1 fully saturated rings. The van der Waals surface area contributed by atoms with E-state index in [4.69, 9.17) is 4.18 Å². The van der Waals surface area contributed by atoms with Crippen molar-refractivity contribution in [2.24, 2.45) is 0 Å². The first kappa shape index (κ1) is 18.7. The average Bonchev–Trinajstić information content (AvgIpc) is 3.03. The van der Waals surface area contributed by atoms with Gasteiger partial charge in [-0.25, -0.2) is 0 Å². The fourth-order valence-electron chi connectivity index (χ4n) is 2.81. The molecule has 24 heavy (non-hydrogen) atoms. The molecule has 0 radical (unpaired) electrons. The van der Waals surface area contributed by atoms with Gasteiger partial charge in [0, 0.05) is 6.54 Å². The van der Waals surface area contributed by atoms with Crippen molar-refractivity contribution in [1.29, 1.82) is 0 Å². The first-order valence-electron chi connectivity index (χ1n) is 8.34. The van der Waals surface area contributed by atoms with Gasteiger partial charge >= 0.3 is 10.1 Å². The van der Waals surface area contributed by atoms with E-state index < -0.39 is 10.1 Å². The lowest BCUT2D eigenvalue weighted by Gasteiger charge is -2.16. The van der Waals surface area contributed by atoms with Crippen LogP contribution < -0.4 is 9.50 Å². The SMILES string of the molecule is C[C@@H](C(=O)NCCCN1CCCC1)c1ccc(OS(C)(=O)=O)cc1. The molecule has 0 aliphatic carbocycles. The van der Waals surface area contributed by atoms with Crippen LogP contribution in [0.1, 0.15) is 37.7 Å². The number of nitrogens with one attached hydrogen (secondary N) is 1. The monoisotopic (exact) mass is 354 g/mol. The Balaban J connectivity index is 1.77. The van der Waals surface area contributed by atoms with Gasteiger partial charge in [-0.3, -0.25) is 4.79 Å². The zero-order chi connectivity index (χ0) is 17.6. The van der Waals surface area contributed by atoms with E-state index in [0.717, 1.165) is 24.8 Å². The van der Waals surface area contributed by atoms with E-state index in [1.165, 1.54) is 25.9 Å². The van der Waals surface area contributed by atoms with Gasteiger partial charge in [0.05, 0.1) is 12.2 Å². The predicted molar refractivity (Wildman–Crippen MR) is 93.6 cm³/mol. The van der Waals surface area contributed by atoms with Crippen molar-refractivity contribution < 1.29 is 17.4 Å². The Hall–Kier alpha value is -1.60. The summed E-state index contributed by atoms with van der Waals surface area (Å²) in [4.78, 5) is 14.6. The maximum atomic E-state index is 12.2. The fourth-order valence-corrected chi connectivity index (χ4v) is 3.27. The summed E-state index contributed by atoms with van der Waals surface area (Å²) >= 11 is 0. The van der Waals surface area contributed by atoms with Crippen molar-refractivity contribution in [1.82, 2.24) is 10.2 Å². The van der Waals surface area contributed by atoms with Gasteiger partial charge in [0.2, 0.25) is 5.91 Å². The zero-order valence-corrected chi connectivity index (χ0v) is 15.1. The van der Waals surface area contributed by atoms with Crippen molar-refractivity contribution in [3.05, 3.63) is 29.8 Å². The predicted octanol–water partition coefficient (Wildman–Crippen LogP) is 1.73. The Morgan fingerprint density at radius 3 is 2.46 bits per heavy atom. The molecular weight excluding hydrogens is 328 g/mol. The number of nitrogens with zero attached hydrogens (tertiary/aromatic N) is 1. The lowest BCUT2D eigenvalue weighted by molar-refractivity contribution is -0.122. The molecule has 2 rings (SSSR count). The van der Waals surface area contributed by atoms with Crippen LogP contribution in [0.4, 0.5) is 0 Å². The normalized spacial score (nSPS) is 16.8. The van der Waals surface area contributed by atoms with E-state index >= 15 is 0 Å². The molecule has 1 aliphatic rings. The highest BCUT2D eigenvalue weighted by Crippen LogP contribution is 2.20. The van der Waals surface area contributed by atoms with Gasteiger partial charge in [0.25, 0.3) is 0 Å². The molecule has 1 aromatic carbocycles. The molecule has 0 spiro atoms. The van der Waals surface area contributed by atoms with Crippen LogP contribution in [0.25, 0.3) is 0 Å². The van der Waals surface area contributed by atoms with Crippen LogP contribution in [-0.4, -0.2) is 51.7 Å². The van der Waals surface area contributed by atoms with Gasteiger partial charge in [-0.2, -0.15) is 8.42 Å². The van der Waals surface area contributed by atoms with Gasteiger partial charge < -0.3 is 14.4 Å². The third-order valence-electron chi connectivity index (χ3n) is 4.17. The van der Waals surface area contributed by atoms with Crippen LogP contribution in [0.15, 0.2) is 24.3 Å². The number of likely N-dealkylation sites (tertiary alicyclic amines) is 1. The summed E-state index contributed by atoms with van der Waals surface area (Å²) < 4.78 is 27.0. The summed E-state index contributed by atoms with van der Waals surface area (Å²) in [5.74, 6) is -0.0586. The molecule has 1 aromatic rings. The topological polar surface area (TPSA) is 75.7 Å². The number of hydrogen-bond donors (Lipinski definition) is 1. The van der Waals surface area contributed by atoms with Crippen LogP contribution in [-0.2, 0) is 14.9 Å². The second-order valence-electron chi connectivity index (χ2n) is 6.27. The molecule has 1 amide bonds. The summed E-state index contributed by atoms with van der Waals surface area (Å²) in [6.07, 6.45) is 4.52. The highest BCUT2D eigenvalue weighted by Gasteiger charge is 2.16. The van der Waals surface area contributed by atoms with Gasteiger partial charge in [-0.05, 0) is 63.5 Å². The molecule has 0 unspecified atom stereocenters. The van der Waals surface area contributed by atoms with E-state index in [-0.39, 0.29) is 17.6 Å². The van der Waals surface area contributed by atoms with Crippen LogP contribution in [0.3, 0.4) is 0 Å². The molecule has 134 valence electrons. The van der Waals surface area contributed by atoms with Crippen molar-refractivity contribution >= 4 is 16.0 Å². The molecule has 0 bridgehead atoms. The molecule has 0 aromatic heterocycles. The molecule has 1 aliphatic heterocycles. The van der Waals surface area contributed by atoms with Crippen molar-refractivity contribution in [2.45, 2.75) is 32.1 Å². The van der Waals surface area contributed by atoms with E-state index in [1.54, 1.807) is 24.3 Å². The fraction of sp³-hybridized carbons (Fsp3) is 0.588. The third-order valence-corrected chi connectivity index (χ3v) is 4.67. The summed E-state index contributed by atoms with van der Waals surface area (Å²) in [6, 6.07) is 6.56. The lowest BCUT2D eigenvalue weighted by atomic mass is 10.0. The molecule has 1 heterocycles. The van der Waals surface area contributed by atoms with Crippen LogP contribution in [0.2, 0.25) is 0 Å². The smallest absolute Gasteiger partial charge is 0.306 e. The minimum Gasteiger partial charge on any atom is -0.383 e. The Bertz CT molecular complexity index is 637. The lowest BCUT2D eigenvalue weighted by Crippen LogP contribution is -2.31. The molecule has 0 saturated carbocycles. The maximum absolute atomic E-state index is 12.2. The van der Waals surface area contributed by atoms with E-state index in [1.807, 2.05) is 6.92 Å².